The minimum Gasteiger partial charge on any atom is -0.376 e. The second-order valence-electron chi connectivity index (χ2n) is 5.23. The first-order chi connectivity index (χ1) is 10.8. The summed E-state index contributed by atoms with van der Waals surface area (Å²) in [6, 6.07) is 0.587. The van der Waals surface area contributed by atoms with Gasteiger partial charge in [-0.15, -0.1) is 0 Å². The maximum atomic E-state index is 12.6. The number of aromatic nitrogens is 1. The maximum Gasteiger partial charge on any atom is 0.417 e. The highest BCUT2D eigenvalue weighted by Gasteiger charge is 2.31. The molecule has 0 bridgehead atoms. The second kappa shape index (κ2) is 7.14. The number of halogens is 3. The molecule has 6 nitrogen and oxygen atoms in total. The quantitative estimate of drug-likeness (QED) is 0.862. The molecule has 23 heavy (non-hydrogen) atoms. The van der Waals surface area contributed by atoms with Crippen LogP contribution in [0.25, 0.3) is 0 Å². The van der Waals surface area contributed by atoms with Crippen LogP contribution in [0.1, 0.15) is 25.3 Å². The third kappa shape index (κ3) is 4.80. The number of anilines is 1. The van der Waals surface area contributed by atoms with E-state index >= 15 is 0 Å². The van der Waals surface area contributed by atoms with E-state index in [1.165, 1.54) is 6.92 Å². The molecular weight excluding hydrogens is 317 g/mol. The Balaban J connectivity index is 1.97. The lowest BCUT2D eigenvalue weighted by atomic mass is 10.2. The lowest BCUT2D eigenvalue weighted by molar-refractivity contribution is -0.138. The molecule has 2 rings (SSSR count). The van der Waals surface area contributed by atoms with Crippen LogP contribution in [0.4, 0.5) is 18.9 Å². The van der Waals surface area contributed by atoms with Gasteiger partial charge in [-0.2, -0.15) is 13.2 Å². The highest BCUT2D eigenvalue weighted by atomic mass is 19.4. The van der Waals surface area contributed by atoms with E-state index in [1.54, 1.807) is 0 Å². The first kappa shape index (κ1) is 17.5. The Morgan fingerprint density at radius 3 is 2.91 bits per heavy atom. The van der Waals surface area contributed by atoms with E-state index in [4.69, 9.17) is 9.47 Å². The average Bonchev–Trinajstić information content (AvgIpc) is 2.99. The van der Waals surface area contributed by atoms with Crippen molar-refractivity contribution in [2.24, 2.45) is 0 Å². The molecule has 128 valence electrons. The summed E-state index contributed by atoms with van der Waals surface area (Å²) >= 11 is 0. The Morgan fingerprint density at radius 1 is 1.57 bits per heavy atom. The van der Waals surface area contributed by atoms with Crippen LogP contribution in [0.3, 0.4) is 0 Å². The molecular formula is C14H17F3N2O4. The van der Waals surface area contributed by atoms with Gasteiger partial charge in [0.15, 0.2) is 0 Å². The van der Waals surface area contributed by atoms with Crippen molar-refractivity contribution < 1.29 is 27.4 Å². The summed E-state index contributed by atoms with van der Waals surface area (Å²) in [6.45, 7) is 2.31. The number of hydrogen-bond donors (Lipinski definition) is 2. The van der Waals surface area contributed by atoms with Gasteiger partial charge in [-0.05, 0) is 25.8 Å². The van der Waals surface area contributed by atoms with Crippen molar-refractivity contribution in [2.75, 3.05) is 18.5 Å². The van der Waals surface area contributed by atoms with Crippen LogP contribution in [0.5, 0.6) is 0 Å². The average molecular weight is 334 g/mol. The van der Waals surface area contributed by atoms with E-state index in [-0.39, 0.29) is 12.7 Å². The van der Waals surface area contributed by atoms with Crippen LogP contribution in [-0.4, -0.2) is 36.3 Å². The topological polar surface area (TPSA) is 80.4 Å². The molecule has 1 aliphatic rings. The summed E-state index contributed by atoms with van der Waals surface area (Å²) in [7, 11) is 0. The molecule has 0 saturated carbocycles. The first-order valence-corrected chi connectivity index (χ1v) is 7.11. The zero-order valence-corrected chi connectivity index (χ0v) is 12.4. The van der Waals surface area contributed by atoms with Gasteiger partial charge in [0.25, 0.3) is 11.5 Å². The molecule has 2 heterocycles. The third-order valence-corrected chi connectivity index (χ3v) is 3.41. The summed E-state index contributed by atoms with van der Waals surface area (Å²) in [6.07, 6.45) is -3.31. The molecule has 0 spiro atoms. The lowest BCUT2D eigenvalue weighted by Gasteiger charge is -2.16. The van der Waals surface area contributed by atoms with Crippen LogP contribution in [-0.2, 0) is 20.4 Å². The molecule has 0 aliphatic carbocycles. The van der Waals surface area contributed by atoms with E-state index in [1.807, 2.05) is 4.98 Å². The number of alkyl halides is 3. The summed E-state index contributed by atoms with van der Waals surface area (Å²) in [5.74, 6) is -0.701. The molecule has 2 unspecified atom stereocenters. The predicted octanol–water partition coefficient (Wildman–Crippen LogP) is 1.92. The number of H-pyrrole nitrogens is 1. The van der Waals surface area contributed by atoms with Crippen LogP contribution >= 0.6 is 0 Å². The van der Waals surface area contributed by atoms with E-state index in [0.717, 1.165) is 12.8 Å². The normalized spacial score (nSPS) is 19.6. The SMILES string of the molecule is CC(OCC1CCCO1)C(=O)Nc1cc(C(F)(F)F)c[nH]c1=O. The zero-order chi connectivity index (χ0) is 17.0. The Morgan fingerprint density at radius 2 is 2.30 bits per heavy atom. The molecule has 1 aliphatic heterocycles. The van der Waals surface area contributed by atoms with Gasteiger partial charge in [0, 0.05) is 12.8 Å². The Hall–Kier alpha value is -1.87. The van der Waals surface area contributed by atoms with Crippen molar-refractivity contribution in [3.8, 4) is 0 Å². The molecule has 1 amide bonds. The summed E-state index contributed by atoms with van der Waals surface area (Å²) in [4.78, 5) is 25.4. The number of carbonyl (C=O) groups excluding carboxylic acids is 1. The van der Waals surface area contributed by atoms with Gasteiger partial charge in [-0.1, -0.05) is 0 Å². The number of rotatable bonds is 5. The molecule has 1 aromatic rings. The Kier molecular flexibility index (Phi) is 5.42. The van der Waals surface area contributed by atoms with Gasteiger partial charge in [0.2, 0.25) is 0 Å². The van der Waals surface area contributed by atoms with E-state index < -0.39 is 35.0 Å². The van der Waals surface area contributed by atoms with Crippen molar-refractivity contribution in [3.63, 3.8) is 0 Å². The van der Waals surface area contributed by atoms with Crippen LogP contribution in [0.2, 0.25) is 0 Å². The number of nitrogens with one attached hydrogen (secondary N) is 2. The van der Waals surface area contributed by atoms with Crippen LogP contribution in [0.15, 0.2) is 17.1 Å². The molecule has 2 atom stereocenters. The lowest BCUT2D eigenvalue weighted by Crippen LogP contribution is -2.32. The molecule has 1 saturated heterocycles. The van der Waals surface area contributed by atoms with Gasteiger partial charge in [-0.3, -0.25) is 9.59 Å². The smallest absolute Gasteiger partial charge is 0.376 e. The third-order valence-electron chi connectivity index (χ3n) is 3.41. The molecule has 0 aromatic carbocycles. The van der Waals surface area contributed by atoms with E-state index in [0.29, 0.717) is 18.9 Å². The van der Waals surface area contributed by atoms with Crippen molar-refractivity contribution >= 4 is 11.6 Å². The number of pyridine rings is 1. The van der Waals surface area contributed by atoms with Crippen LogP contribution in [0, 0.1) is 0 Å². The number of amides is 1. The fourth-order valence-corrected chi connectivity index (χ4v) is 2.08. The largest absolute Gasteiger partial charge is 0.417 e. The van der Waals surface area contributed by atoms with Crippen molar-refractivity contribution in [1.82, 2.24) is 4.98 Å². The van der Waals surface area contributed by atoms with Crippen molar-refractivity contribution in [1.29, 1.82) is 0 Å². The minimum absolute atomic E-state index is 0.0813. The fraction of sp³-hybridized carbons (Fsp3) is 0.571. The first-order valence-electron chi connectivity index (χ1n) is 7.11. The summed E-state index contributed by atoms with van der Waals surface area (Å²) in [5, 5.41) is 2.15. The molecule has 2 N–H and O–H groups in total. The van der Waals surface area contributed by atoms with E-state index in [9.17, 15) is 22.8 Å². The van der Waals surface area contributed by atoms with Gasteiger partial charge in [-0.25, -0.2) is 0 Å². The molecule has 1 aromatic heterocycles. The fourth-order valence-electron chi connectivity index (χ4n) is 2.08. The van der Waals surface area contributed by atoms with Crippen LogP contribution < -0.4 is 10.9 Å². The predicted molar refractivity (Wildman–Crippen MR) is 75.1 cm³/mol. The van der Waals surface area contributed by atoms with Gasteiger partial charge < -0.3 is 19.8 Å². The second-order valence-corrected chi connectivity index (χ2v) is 5.23. The monoisotopic (exact) mass is 334 g/mol. The maximum absolute atomic E-state index is 12.6. The highest BCUT2D eigenvalue weighted by Crippen LogP contribution is 2.29. The summed E-state index contributed by atoms with van der Waals surface area (Å²) < 4.78 is 48.5. The highest BCUT2D eigenvalue weighted by molar-refractivity contribution is 5.93. The number of aromatic amines is 1. The van der Waals surface area contributed by atoms with Crippen molar-refractivity contribution in [2.45, 2.75) is 38.1 Å². The zero-order valence-electron chi connectivity index (χ0n) is 12.4. The molecule has 0 radical (unpaired) electrons. The van der Waals surface area contributed by atoms with E-state index in [2.05, 4.69) is 5.32 Å². The number of hydrogen-bond acceptors (Lipinski definition) is 4. The number of ether oxygens (including phenoxy) is 2. The Bertz CT molecular complexity index is 609. The molecule has 1 fully saturated rings. The standard InChI is InChI=1S/C14H17F3N2O4/c1-8(23-7-10-3-2-4-22-10)12(20)19-11-5-9(14(15,16)17)6-18-13(11)21/h5-6,8,10H,2-4,7H2,1H3,(H,18,21)(H,19,20). The summed E-state index contributed by atoms with van der Waals surface area (Å²) in [5.41, 5.74) is -2.35. The molecule has 9 heteroatoms. The van der Waals surface area contributed by atoms with Gasteiger partial charge in [0.05, 0.1) is 18.3 Å². The number of carbonyl (C=O) groups is 1. The Labute approximate surface area is 130 Å². The van der Waals surface area contributed by atoms with Crippen molar-refractivity contribution in [3.05, 3.63) is 28.2 Å². The minimum atomic E-state index is -4.62. The van der Waals surface area contributed by atoms with Gasteiger partial charge in [0.1, 0.15) is 11.8 Å². The van der Waals surface area contributed by atoms with Gasteiger partial charge >= 0.3 is 6.18 Å².